The van der Waals surface area contributed by atoms with Gasteiger partial charge in [-0.25, -0.2) is 0 Å². The summed E-state index contributed by atoms with van der Waals surface area (Å²) in [6.45, 7) is 9.79. The fraction of sp³-hybridized carbons (Fsp3) is 0.238. The van der Waals surface area contributed by atoms with Crippen LogP contribution in [0, 0.1) is 0 Å². The van der Waals surface area contributed by atoms with Crippen molar-refractivity contribution in [2.75, 3.05) is 0 Å². The van der Waals surface area contributed by atoms with Gasteiger partial charge in [-0.15, -0.1) is 13.2 Å². The summed E-state index contributed by atoms with van der Waals surface area (Å²) in [6, 6.07) is 7.70. The molecule has 0 saturated carbocycles. The highest BCUT2D eigenvalue weighted by Crippen LogP contribution is 2.37. The highest BCUT2D eigenvalue weighted by molar-refractivity contribution is 5.75. The van der Waals surface area contributed by atoms with E-state index in [9.17, 15) is 10.2 Å². The smallest absolute Gasteiger partial charge is 0.127 e. The van der Waals surface area contributed by atoms with Crippen LogP contribution in [0.4, 0.5) is 0 Å². The first-order chi connectivity index (χ1) is 11.5. The second-order valence-corrected chi connectivity index (χ2v) is 5.84. The van der Waals surface area contributed by atoms with Crippen LogP contribution in [-0.4, -0.2) is 10.2 Å². The van der Waals surface area contributed by atoms with Gasteiger partial charge < -0.3 is 15.9 Å². The molecule has 0 amide bonds. The molecule has 0 aliphatic carbocycles. The lowest BCUT2D eigenvalue weighted by atomic mass is 9.92. The second kappa shape index (κ2) is 7.84. The number of phenols is 2. The lowest BCUT2D eigenvalue weighted by Gasteiger charge is -2.15. The van der Waals surface area contributed by atoms with E-state index >= 15 is 0 Å². The molecule has 3 heteroatoms. The number of aromatic hydroxyl groups is 2. The van der Waals surface area contributed by atoms with Crippen molar-refractivity contribution in [3.8, 4) is 22.6 Å². The second-order valence-electron chi connectivity index (χ2n) is 5.84. The van der Waals surface area contributed by atoms with E-state index in [0.29, 0.717) is 30.6 Å². The van der Waals surface area contributed by atoms with E-state index < -0.39 is 0 Å². The molecule has 0 saturated heterocycles. The van der Waals surface area contributed by atoms with Gasteiger partial charge >= 0.3 is 0 Å². The maximum absolute atomic E-state index is 10.6. The summed E-state index contributed by atoms with van der Waals surface area (Å²) >= 11 is 0. The average Bonchev–Trinajstić information content (AvgIpc) is 2.58. The van der Waals surface area contributed by atoms with E-state index in [4.69, 9.17) is 5.73 Å². The predicted molar refractivity (Wildman–Crippen MR) is 100 cm³/mol. The van der Waals surface area contributed by atoms with E-state index in [1.807, 2.05) is 37.3 Å². The Bertz CT molecular complexity index is 763. The van der Waals surface area contributed by atoms with Crippen LogP contribution in [0.25, 0.3) is 11.1 Å². The van der Waals surface area contributed by atoms with Crippen molar-refractivity contribution in [2.45, 2.75) is 32.7 Å². The van der Waals surface area contributed by atoms with Crippen molar-refractivity contribution in [2.24, 2.45) is 5.73 Å². The molecule has 0 aliphatic rings. The third-order valence-electron chi connectivity index (χ3n) is 4.17. The largest absolute Gasteiger partial charge is 0.507 e. The molecule has 0 bridgehead atoms. The molecule has 0 atom stereocenters. The summed E-state index contributed by atoms with van der Waals surface area (Å²) in [5, 5.41) is 21.0. The third kappa shape index (κ3) is 3.52. The van der Waals surface area contributed by atoms with E-state index in [2.05, 4.69) is 13.2 Å². The van der Waals surface area contributed by atoms with Crippen LogP contribution in [0.2, 0.25) is 0 Å². The topological polar surface area (TPSA) is 66.5 Å². The standard InChI is InChI=1S/C21H25NO2/c1-4-7-14-9-18(13-22)21(24)19(10-14)17-11-15(6-3)20(23)16(12-17)8-5-2/h4-5,9-12,23-24H,1-2,6-8,13,22H2,3H3. The first-order valence-electron chi connectivity index (χ1n) is 8.17. The average molecular weight is 323 g/mol. The molecule has 4 N–H and O–H groups in total. The third-order valence-corrected chi connectivity index (χ3v) is 4.17. The Labute approximate surface area is 143 Å². The summed E-state index contributed by atoms with van der Waals surface area (Å²) < 4.78 is 0. The zero-order chi connectivity index (χ0) is 17.7. The van der Waals surface area contributed by atoms with Gasteiger partial charge in [-0.1, -0.05) is 25.1 Å². The van der Waals surface area contributed by atoms with Gasteiger partial charge in [-0.3, -0.25) is 0 Å². The molecule has 0 fully saturated rings. The molecule has 0 radical (unpaired) electrons. The van der Waals surface area contributed by atoms with Crippen LogP contribution in [0.3, 0.4) is 0 Å². The van der Waals surface area contributed by atoms with Gasteiger partial charge in [-0.05, 0) is 59.7 Å². The molecule has 2 aromatic carbocycles. The van der Waals surface area contributed by atoms with E-state index in [1.165, 1.54) is 0 Å². The summed E-state index contributed by atoms with van der Waals surface area (Å²) in [4.78, 5) is 0. The van der Waals surface area contributed by atoms with Gasteiger partial charge in [0, 0.05) is 17.7 Å². The number of aryl methyl sites for hydroxylation is 1. The van der Waals surface area contributed by atoms with Gasteiger partial charge in [0.1, 0.15) is 11.5 Å². The number of hydrogen-bond donors (Lipinski definition) is 3. The Morgan fingerprint density at radius 3 is 2.17 bits per heavy atom. The maximum Gasteiger partial charge on any atom is 0.127 e. The lowest BCUT2D eigenvalue weighted by Crippen LogP contribution is -2.00. The van der Waals surface area contributed by atoms with Crippen molar-refractivity contribution in [3.05, 3.63) is 71.8 Å². The number of rotatable bonds is 7. The minimum atomic E-state index is 0.197. The van der Waals surface area contributed by atoms with Crippen LogP contribution in [-0.2, 0) is 25.8 Å². The first-order valence-corrected chi connectivity index (χ1v) is 8.17. The monoisotopic (exact) mass is 323 g/mol. The Morgan fingerprint density at radius 1 is 0.917 bits per heavy atom. The van der Waals surface area contributed by atoms with Crippen molar-refractivity contribution in [3.63, 3.8) is 0 Å². The van der Waals surface area contributed by atoms with Crippen LogP contribution in [0.5, 0.6) is 11.5 Å². The molecule has 0 spiro atoms. The number of nitrogens with two attached hydrogens (primary N) is 1. The fourth-order valence-corrected chi connectivity index (χ4v) is 2.92. The Balaban J connectivity index is 2.70. The van der Waals surface area contributed by atoms with Crippen molar-refractivity contribution in [1.82, 2.24) is 0 Å². The van der Waals surface area contributed by atoms with Gasteiger partial charge in [0.25, 0.3) is 0 Å². The van der Waals surface area contributed by atoms with Crippen molar-refractivity contribution < 1.29 is 10.2 Å². The molecular weight excluding hydrogens is 298 g/mol. The highest BCUT2D eigenvalue weighted by atomic mass is 16.3. The molecule has 2 aromatic rings. The van der Waals surface area contributed by atoms with Crippen molar-refractivity contribution >= 4 is 0 Å². The van der Waals surface area contributed by atoms with Gasteiger partial charge in [0.15, 0.2) is 0 Å². The Kier molecular flexibility index (Phi) is 5.83. The summed E-state index contributed by atoms with van der Waals surface area (Å²) in [5.74, 6) is 0.504. The predicted octanol–water partition coefficient (Wildman–Crippen LogP) is 4.24. The number of phenolic OH excluding ortho intramolecular Hbond substituents is 2. The number of allylic oxidation sites excluding steroid dienone is 2. The maximum atomic E-state index is 10.6. The zero-order valence-corrected chi connectivity index (χ0v) is 14.2. The minimum Gasteiger partial charge on any atom is -0.507 e. The van der Waals surface area contributed by atoms with E-state index in [1.54, 1.807) is 6.08 Å². The molecule has 0 aliphatic heterocycles. The first kappa shape index (κ1) is 17.8. The van der Waals surface area contributed by atoms with Crippen LogP contribution >= 0.6 is 0 Å². The van der Waals surface area contributed by atoms with Gasteiger partial charge in [0.2, 0.25) is 0 Å². The molecule has 3 nitrogen and oxygen atoms in total. The summed E-state index contributed by atoms with van der Waals surface area (Å²) in [7, 11) is 0. The number of benzene rings is 2. The molecule has 0 heterocycles. The van der Waals surface area contributed by atoms with Gasteiger partial charge in [-0.2, -0.15) is 0 Å². The molecule has 0 unspecified atom stereocenters. The minimum absolute atomic E-state index is 0.197. The van der Waals surface area contributed by atoms with Crippen LogP contribution in [0.1, 0.15) is 29.2 Å². The summed E-state index contributed by atoms with van der Waals surface area (Å²) in [5.41, 5.74) is 10.8. The highest BCUT2D eigenvalue weighted by Gasteiger charge is 2.15. The molecule has 0 aromatic heterocycles. The van der Waals surface area contributed by atoms with Crippen molar-refractivity contribution in [1.29, 1.82) is 0 Å². The SMILES string of the molecule is C=CCc1cc(CN)c(O)c(-c2cc(CC)c(O)c(CC=C)c2)c1. The number of hydrogen-bond acceptors (Lipinski definition) is 3. The van der Waals surface area contributed by atoms with Crippen LogP contribution < -0.4 is 5.73 Å². The Morgan fingerprint density at radius 2 is 1.58 bits per heavy atom. The molecule has 24 heavy (non-hydrogen) atoms. The zero-order valence-electron chi connectivity index (χ0n) is 14.2. The molecule has 126 valence electrons. The lowest BCUT2D eigenvalue weighted by molar-refractivity contribution is 0.462. The van der Waals surface area contributed by atoms with Gasteiger partial charge in [0.05, 0.1) is 0 Å². The summed E-state index contributed by atoms with van der Waals surface area (Å²) in [6.07, 6.45) is 5.58. The quantitative estimate of drug-likeness (QED) is 0.668. The molecular formula is C21H25NO2. The Hall–Kier alpha value is -2.52. The normalized spacial score (nSPS) is 10.6. The fourth-order valence-electron chi connectivity index (χ4n) is 2.92. The molecule has 2 rings (SSSR count). The van der Waals surface area contributed by atoms with Crippen LogP contribution in [0.15, 0.2) is 49.6 Å². The van der Waals surface area contributed by atoms with E-state index in [0.717, 1.165) is 27.8 Å². The van der Waals surface area contributed by atoms with E-state index in [-0.39, 0.29) is 12.3 Å².